The minimum Gasteiger partial charge on any atom is -0.490 e. The molecule has 1 aliphatic heterocycles. The number of hydrogen-bond donors (Lipinski definition) is 2. The summed E-state index contributed by atoms with van der Waals surface area (Å²) in [6.45, 7) is 3.55. The van der Waals surface area contributed by atoms with E-state index in [9.17, 15) is 4.79 Å². The molecule has 0 fully saturated rings. The molecular weight excluding hydrogens is 218 g/mol. The summed E-state index contributed by atoms with van der Waals surface area (Å²) < 4.78 is 5.59. The van der Waals surface area contributed by atoms with Crippen LogP contribution in [0, 0.1) is 0 Å². The average Bonchev–Trinajstić information content (AvgIpc) is 2.56. The highest BCUT2D eigenvalue weighted by Crippen LogP contribution is 2.30. The monoisotopic (exact) mass is 235 g/mol. The second-order valence-electron chi connectivity index (χ2n) is 4.97. The lowest BCUT2D eigenvalue weighted by atomic mass is 9.93. The molecule has 1 heterocycles. The summed E-state index contributed by atoms with van der Waals surface area (Å²) in [6.07, 6.45) is 1.39. The third-order valence-corrected chi connectivity index (χ3v) is 3.02. The smallest absolute Gasteiger partial charge is 0.323 e. The molecule has 0 saturated carbocycles. The van der Waals surface area contributed by atoms with E-state index in [2.05, 4.69) is 0 Å². The van der Waals surface area contributed by atoms with Crippen LogP contribution in [-0.2, 0) is 17.6 Å². The Morgan fingerprint density at radius 1 is 1.65 bits per heavy atom. The van der Waals surface area contributed by atoms with Crippen molar-refractivity contribution >= 4 is 5.97 Å². The Morgan fingerprint density at radius 2 is 2.35 bits per heavy atom. The summed E-state index contributed by atoms with van der Waals surface area (Å²) >= 11 is 0. The van der Waals surface area contributed by atoms with Gasteiger partial charge in [-0.15, -0.1) is 0 Å². The van der Waals surface area contributed by atoms with Crippen molar-refractivity contribution in [3.8, 4) is 5.75 Å². The fraction of sp³-hybridized carbons (Fsp3) is 0.462. The van der Waals surface area contributed by atoms with E-state index in [0.717, 1.165) is 23.3 Å². The SMILES string of the molecule is C[C@@H]1Cc2cc(C[C@@](C)(N)C(=O)O)ccc2O1. The molecule has 0 spiro atoms. The van der Waals surface area contributed by atoms with Gasteiger partial charge < -0.3 is 15.6 Å². The second kappa shape index (κ2) is 4.04. The predicted octanol–water partition coefficient (Wildman–Crippen LogP) is 1.35. The molecule has 0 radical (unpaired) electrons. The van der Waals surface area contributed by atoms with Crippen molar-refractivity contribution in [2.45, 2.75) is 38.3 Å². The fourth-order valence-electron chi connectivity index (χ4n) is 2.08. The van der Waals surface area contributed by atoms with Crippen molar-refractivity contribution in [2.75, 3.05) is 0 Å². The summed E-state index contributed by atoms with van der Waals surface area (Å²) in [7, 11) is 0. The number of carboxylic acids is 1. The molecule has 1 aliphatic rings. The lowest BCUT2D eigenvalue weighted by Gasteiger charge is -2.19. The first kappa shape index (κ1) is 11.9. The topological polar surface area (TPSA) is 72.6 Å². The largest absolute Gasteiger partial charge is 0.490 e. The molecule has 0 aromatic heterocycles. The lowest BCUT2D eigenvalue weighted by Crippen LogP contribution is -2.46. The summed E-state index contributed by atoms with van der Waals surface area (Å²) in [6, 6.07) is 5.77. The van der Waals surface area contributed by atoms with E-state index in [1.807, 2.05) is 25.1 Å². The number of aliphatic carboxylic acids is 1. The first-order valence-corrected chi connectivity index (χ1v) is 5.69. The Balaban J connectivity index is 2.20. The van der Waals surface area contributed by atoms with Crippen molar-refractivity contribution in [2.24, 2.45) is 5.73 Å². The molecule has 0 unspecified atom stereocenters. The zero-order valence-electron chi connectivity index (χ0n) is 10.1. The van der Waals surface area contributed by atoms with Crippen LogP contribution in [0.1, 0.15) is 25.0 Å². The van der Waals surface area contributed by atoms with Gasteiger partial charge >= 0.3 is 5.97 Å². The van der Waals surface area contributed by atoms with Crippen LogP contribution >= 0.6 is 0 Å². The summed E-state index contributed by atoms with van der Waals surface area (Å²) in [5.74, 6) is -0.0853. The minimum absolute atomic E-state index is 0.198. The Hall–Kier alpha value is -1.55. The number of nitrogens with two attached hydrogens (primary N) is 1. The van der Waals surface area contributed by atoms with Gasteiger partial charge in [-0.1, -0.05) is 12.1 Å². The predicted molar refractivity (Wildman–Crippen MR) is 64.2 cm³/mol. The normalized spacial score (nSPS) is 21.5. The Labute approximate surface area is 100 Å². The van der Waals surface area contributed by atoms with Gasteiger partial charge in [0.05, 0.1) is 0 Å². The van der Waals surface area contributed by atoms with Crippen LogP contribution in [-0.4, -0.2) is 22.7 Å². The van der Waals surface area contributed by atoms with Gasteiger partial charge in [-0.3, -0.25) is 4.79 Å². The first-order chi connectivity index (χ1) is 7.88. The first-order valence-electron chi connectivity index (χ1n) is 5.69. The van der Waals surface area contributed by atoms with E-state index in [1.54, 1.807) is 0 Å². The quantitative estimate of drug-likeness (QED) is 0.829. The molecule has 1 aromatic carbocycles. The van der Waals surface area contributed by atoms with E-state index < -0.39 is 11.5 Å². The van der Waals surface area contributed by atoms with Gasteiger partial charge in [-0.2, -0.15) is 0 Å². The molecule has 92 valence electrons. The molecule has 0 saturated heterocycles. The van der Waals surface area contributed by atoms with Gasteiger partial charge in [0.15, 0.2) is 0 Å². The number of carboxylic acid groups (broad SMARTS) is 1. The highest BCUT2D eigenvalue weighted by molar-refractivity contribution is 5.78. The maximum Gasteiger partial charge on any atom is 0.323 e. The van der Waals surface area contributed by atoms with E-state index in [0.29, 0.717) is 6.42 Å². The van der Waals surface area contributed by atoms with Crippen LogP contribution in [0.2, 0.25) is 0 Å². The minimum atomic E-state index is -1.22. The molecule has 4 heteroatoms. The Kier molecular flexibility index (Phi) is 2.83. The van der Waals surface area contributed by atoms with Gasteiger partial charge in [0, 0.05) is 12.8 Å². The average molecular weight is 235 g/mol. The van der Waals surface area contributed by atoms with Crippen molar-refractivity contribution in [1.29, 1.82) is 0 Å². The summed E-state index contributed by atoms with van der Waals surface area (Å²) in [5.41, 5.74) is 6.58. The highest BCUT2D eigenvalue weighted by Gasteiger charge is 2.29. The number of fused-ring (bicyclic) bond motifs is 1. The van der Waals surface area contributed by atoms with E-state index in [1.165, 1.54) is 6.92 Å². The zero-order valence-corrected chi connectivity index (χ0v) is 10.1. The molecule has 0 bridgehead atoms. The molecule has 2 atom stereocenters. The highest BCUT2D eigenvalue weighted by atomic mass is 16.5. The van der Waals surface area contributed by atoms with Gasteiger partial charge in [0.2, 0.25) is 0 Å². The standard InChI is InChI=1S/C13H17NO3/c1-8-5-10-6-9(3-4-11(10)17-8)7-13(2,14)12(15)16/h3-4,6,8H,5,7,14H2,1-2H3,(H,15,16)/t8-,13-/m1/s1. The Morgan fingerprint density at radius 3 is 3.00 bits per heavy atom. The van der Waals surface area contributed by atoms with Crippen LogP contribution in [0.4, 0.5) is 0 Å². The zero-order chi connectivity index (χ0) is 12.6. The van der Waals surface area contributed by atoms with Crippen LogP contribution in [0.25, 0.3) is 0 Å². The fourth-order valence-corrected chi connectivity index (χ4v) is 2.08. The molecular formula is C13H17NO3. The van der Waals surface area contributed by atoms with E-state index >= 15 is 0 Å². The molecule has 0 amide bonds. The molecule has 1 aromatic rings. The molecule has 4 nitrogen and oxygen atoms in total. The summed E-state index contributed by atoms with van der Waals surface area (Å²) in [5, 5.41) is 8.99. The third kappa shape index (κ3) is 2.42. The van der Waals surface area contributed by atoms with Crippen LogP contribution in [0.3, 0.4) is 0 Å². The number of carbonyl (C=O) groups is 1. The maximum absolute atomic E-state index is 11.0. The van der Waals surface area contributed by atoms with Gasteiger partial charge in [0.1, 0.15) is 17.4 Å². The van der Waals surface area contributed by atoms with E-state index in [-0.39, 0.29) is 6.10 Å². The molecule has 2 rings (SSSR count). The van der Waals surface area contributed by atoms with E-state index in [4.69, 9.17) is 15.6 Å². The second-order valence-corrected chi connectivity index (χ2v) is 4.97. The molecule has 3 N–H and O–H groups in total. The lowest BCUT2D eigenvalue weighted by molar-refractivity contribution is -0.142. The van der Waals surface area contributed by atoms with Crippen molar-refractivity contribution in [3.05, 3.63) is 29.3 Å². The maximum atomic E-state index is 11.0. The summed E-state index contributed by atoms with van der Waals surface area (Å²) in [4.78, 5) is 11.0. The van der Waals surface area contributed by atoms with Gasteiger partial charge in [0.25, 0.3) is 0 Å². The van der Waals surface area contributed by atoms with Crippen molar-refractivity contribution in [1.82, 2.24) is 0 Å². The van der Waals surface area contributed by atoms with Crippen molar-refractivity contribution in [3.63, 3.8) is 0 Å². The molecule has 17 heavy (non-hydrogen) atoms. The number of hydrogen-bond acceptors (Lipinski definition) is 3. The van der Waals surface area contributed by atoms with Crippen molar-refractivity contribution < 1.29 is 14.6 Å². The van der Waals surface area contributed by atoms with Gasteiger partial charge in [-0.05, 0) is 31.0 Å². The number of benzene rings is 1. The van der Waals surface area contributed by atoms with Crippen LogP contribution in [0.5, 0.6) is 5.75 Å². The third-order valence-electron chi connectivity index (χ3n) is 3.02. The van der Waals surface area contributed by atoms with Crippen LogP contribution < -0.4 is 10.5 Å². The Bertz CT molecular complexity index is 454. The van der Waals surface area contributed by atoms with Crippen LogP contribution in [0.15, 0.2) is 18.2 Å². The van der Waals surface area contributed by atoms with Gasteiger partial charge in [-0.25, -0.2) is 0 Å². The number of rotatable bonds is 3. The molecule has 0 aliphatic carbocycles. The number of ether oxygens (including phenoxy) is 1.